The number of amides is 2. The number of halogens is 2. The zero-order chi connectivity index (χ0) is 32.2. The van der Waals surface area contributed by atoms with Gasteiger partial charge in [-0.1, -0.05) is 0 Å². The van der Waals surface area contributed by atoms with Crippen molar-refractivity contribution in [3.8, 4) is 17.0 Å². The first kappa shape index (κ1) is 31.9. The lowest BCUT2D eigenvalue weighted by molar-refractivity contribution is -0.133. The van der Waals surface area contributed by atoms with E-state index in [2.05, 4.69) is 32.4 Å². The summed E-state index contributed by atoms with van der Waals surface area (Å²) >= 11 is 1.42. The van der Waals surface area contributed by atoms with Gasteiger partial charge in [0, 0.05) is 61.3 Å². The fourth-order valence-corrected chi connectivity index (χ4v) is 6.51. The lowest BCUT2D eigenvalue weighted by Crippen LogP contribution is -2.47. The molecule has 4 aromatic rings. The molecular weight excluding hydrogens is 618 g/mol. The van der Waals surface area contributed by atoms with Gasteiger partial charge in [0.2, 0.25) is 5.91 Å². The fraction of sp³-hybridized carbons (Fsp3) is 0.452. The molecule has 2 aliphatic rings. The molecule has 1 atom stereocenters. The molecule has 46 heavy (non-hydrogen) atoms. The monoisotopic (exact) mass is 654 g/mol. The number of hydrogen-bond acceptors (Lipinski definition) is 9. The van der Waals surface area contributed by atoms with Crippen LogP contribution in [0.1, 0.15) is 29.6 Å². The highest BCUT2D eigenvalue weighted by Crippen LogP contribution is 2.38. The number of carbonyl (C=O) groups excluding carboxylic acids is 2. The average molecular weight is 655 g/mol. The summed E-state index contributed by atoms with van der Waals surface area (Å²) in [6, 6.07) is 6.87. The van der Waals surface area contributed by atoms with Gasteiger partial charge in [-0.2, -0.15) is 19.0 Å². The smallest absolute Gasteiger partial charge is 0.387 e. The van der Waals surface area contributed by atoms with E-state index in [0.717, 1.165) is 43.9 Å². The normalized spacial score (nSPS) is 17.3. The molecule has 0 radical (unpaired) electrons. The Kier molecular flexibility index (Phi) is 9.80. The Morgan fingerprint density at radius 1 is 1.24 bits per heavy atom. The Balaban J connectivity index is 1.23. The summed E-state index contributed by atoms with van der Waals surface area (Å²) in [5.74, 6) is -0.187. The van der Waals surface area contributed by atoms with Crippen LogP contribution in [0.5, 0.6) is 5.75 Å². The van der Waals surface area contributed by atoms with Gasteiger partial charge in [-0.05, 0) is 62.7 Å². The zero-order valence-electron chi connectivity index (χ0n) is 25.6. The number of nitrogens with one attached hydrogen (secondary N) is 1. The number of benzene rings is 1. The summed E-state index contributed by atoms with van der Waals surface area (Å²) in [4.78, 5) is 36.1. The molecule has 15 heteroatoms. The van der Waals surface area contributed by atoms with Crippen LogP contribution >= 0.6 is 11.8 Å². The molecule has 6 rings (SSSR count). The predicted molar refractivity (Wildman–Crippen MR) is 168 cm³/mol. The first-order valence-electron chi connectivity index (χ1n) is 15.1. The van der Waals surface area contributed by atoms with Gasteiger partial charge in [0.15, 0.2) is 5.65 Å². The zero-order valence-corrected chi connectivity index (χ0v) is 26.5. The lowest BCUT2D eigenvalue weighted by Gasteiger charge is -2.37. The molecule has 1 unspecified atom stereocenters. The van der Waals surface area contributed by atoms with Gasteiger partial charge in [-0.15, -0.1) is 11.8 Å². The van der Waals surface area contributed by atoms with Crippen molar-refractivity contribution in [1.29, 1.82) is 0 Å². The number of fused-ring (bicyclic) bond motifs is 1. The van der Waals surface area contributed by atoms with E-state index in [-0.39, 0.29) is 40.7 Å². The van der Waals surface area contributed by atoms with Crippen molar-refractivity contribution in [2.75, 3.05) is 51.5 Å². The van der Waals surface area contributed by atoms with E-state index < -0.39 is 12.5 Å². The number of ether oxygens (including phenoxy) is 2. The SMILES string of the molecule is CSc1ccc(OC(F)F)c(-c2nn(CC(=O)N3CCC(N(C)CC4CCOC4)CC3)cc2NC(=O)c2cnn3cccnc23)c1. The van der Waals surface area contributed by atoms with Crippen LogP contribution in [0.4, 0.5) is 14.5 Å². The molecule has 1 aromatic carbocycles. The second kappa shape index (κ2) is 14.1. The van der Waals surface area contributed by atoms with Gasteiger partial charge in [-0.3, -0.25) is 14.3 Å². The van der Waals surface area contributed by atoms with Crippen LogP contribution in [0.3, 0.4) is 0 Å². The number of nitrogens with zero attached hydrogens (tertiary/aromatic N) is 7. The summed E-state index contributed by atoms with van der Waals surface area (Å²) in [6.45, 7) is 0.709. The molecule has 5 heterocycles. The Bertz CT molecular complexity index is 1680. The quantitative estimate of drug-likeness (QED) is 0.238. The number of alkyl halides is 2. The third-order valence-electron chi connectivity index (χ3n) is 8.50. The van der Waals surface area contributed by atoms with E-state index in [0.29, 0.717) is 30.7 Å². The summed E-state index contributed by atoms with van der Waals surface area (Å²) in [5, 5.41) is 11.6. The molecule has 0 bridgehead atoms. The van der Waals surface area contributed by atoms with E-state index in [4.69, 9.17) is 9.47 Å². The van der Waals surface area contributed by atoms with Gasteiger partial charge in [0.05, 0.1) is 18.5 Å². The van der Waals surface area contributed by atoms with Crippen LogP contribution < -0.4 is 10.1 Å². The second-order valence-corrected chi connectivity index (χ2v) is 12.4. The number of piperidine rings is 1. The maximum absolute atomic E-state index is 13.4. The molecule has 3 aromatic heterocycles. The number of carbonyl (C=O) groups is 2. The number of anilines is 1. The molecule has 0 spiro atoms. The van der Waals surface area contributed by atoms with Crippen molar-refractivity contribution in [3.05, 3.63) is 54.6 Å². The standard InChI is InChI=1S/C31H36F2N8O4S/c1-38(16-20-8-13-44-19-20)21-6-11-39(12-7-21)27(42)18-40-17-25(36-30(43)24-15-35-41-10-3-9-34-29(24)41)28(37-40)23-14-22(46-2)4-5-26(23)45-31(32)33/h3-5,9-10,14-15,17,20-21,31H,6-8,11-13,16,18-19H2,1-2H3,(H,36,43). The fourth-order valence-electron chi connectivity index (χ4n) is 6.07. The highest BCUT2D eigenvalue weighted by atomic mass is 32.2. The Morgan fingerprint density at radius 2 is 2.07 bits per heavy atom. The topological polar surface area (TPSA) is 119 Å². The van der Waals surface area contributed by atoms with Crippen LogP contribution in [0.2, 0.25) is 0 Å². The van der Waals surface area contributed by atoms with Crippen LogP contribution in [0, 0.1) is 5.92 Å². The summed E-state index contributed by atoms with van der Waals surface area (Å²) in [7, 11) is 2.14. The van der Waals surface area contributed by atoms with Crippen molar-refractivity contribution in [2.45, 2.75) is 43.4 Å². The first-order valence-corrected chi connectivity index (χ1v) is 16.4. The van der Waals surface area contributed by atoms with Crippen molar-refractivity contribution >= 4 is 34.9 Å². The van der Waals surface area contributed by atoms with Crippen LogP contribution in [-0.2, 0) is 16.1 Å². The third-order valence-corrected chi connectivity index (χ3v) is 9.23. The Hall–Kier alpha value is -4.08. The largest absolute Gasteiger partial charge is 0.434 e. The van der Waals surface area contributed by atoms with E-state index >= 15 is 0 Å². The van der Waals surface area contributed by atoms with Gasteiger partial charge < -0.3 is 24.6 Å². The van der Waals surface area contributed by atoms with Crippen molar-refractivity contribution in [3.63, 3.8) is 0 Å². The third kappa shape index (κ3) is 7.16. The van der Waals surface area contributed by atoms with Crippen LogP contribution in [-0.4, -0.2) is 105 Å². The first-order chi connectivity index (χ1) is 22.3. The number of aromatic nitrogens is 5. The summed E-state index contributed by atoms with van der Waals surface area (Å²) in [6.07, 6.45) is 10.8. The van der Waals surface area contributed by atoms with Gasteiger partial charge in [-0.25, -0.2) is 9.50 Å². The molecule has 12 nitrogen and oxygen atoms in total. The van der Waals surface area contributed by atoms with E-state index in [9.17, 15) is 18.4 Å². The summed E-state index contributed by atoms with van der Waals surface area (Å²) < 4.78 is 40.1. The minimum atomic E-state index is -3.07. The molecule has 2 saturated heterocycles. The molecule has 2 aliphatic heterocycles. The minimum Gasteiger partial charge on any atom is -0.434 e. The highest BCUT2D eigenvalue weighted by molar-refractivity contribution is 7.98. The Labute approximate surface area is 269 Å². The van der Waals surface area contributed by atoms with Crippen molar-refractivity contribution in [2.24, 2.45) is 5.92 Å². The predicted octanol–water partition coefficient (Wildman–Crippen LogP) is 4.13. The van der Waals surface area contributed by atoms with Crippen molar-refractivity contribution < 1.29 is 27.8 Å². The van der Waals surface area contributed by atoms with Gasteiger partial charge in [0.1, 0.15) is 23.6 Å². The van der Waals surface area contributed by atoms with Gasteiger partial charge in [0.25, 0.3) is 5.91 Å². The van der Waals surface area contributed by atoms with E-state index in [1.807, 2.05) is 11.2 Å². The Morgan fingerprint density at radius 3 is 2.80 bits per heavy atom. The maximum atomic E-state index is 13.4. The number of hydrogen-bond donors (Lipinski definition) is 1. The average Bonchev–Trinajstić information content (AvgIpc) is 3.81. The lowest BCUT2D eigenvalue weighted by atomic mass is 10.0. The summed E-state index contributed by atoms with van der Waals surface area (Å²) in [5.41, 5.74) is 1.23. The number of thioether (sulfide) groups is 1. The molecule has 0 saturated carbocycles. The molecule has 2 amide bonds. The maximum Gasteiger partial charge on any atom is 0.387 e. The van der Waals surface area contributed by atoms with Gasteiger partial charge >= 0.3 is 6.61 Å². The van der Waals surface area contributed by atoms with E-state index in [1.54, 1.807) is 30.6 Å². The highest BCUT2D eigenvalue weighted by Gasteiger charge is 2.29. The second-order valence-electron chi connectivity index (χ2n) is 11.5. The minimum absolute atomic E-state index is 0.0890. The molecule has 244 valence electrons. The molecular formula is C31H36F2N8O4S. The van der Waals surface area contributed by atoms with Crippen LogP contribution in [0.15, 0.2) is 53.9 Å². The van der Waals surface area contributed by atoms with Crippen LogP contribution in [0.25, 0.3) is 16.9 Å². The molecule has 0 aliphatic carbocycles. The van der Waals surface area contributed by atoms with Crippen molar-refractivity contribution in [1.82, 2.24) is 34.2 Å². The number of likely N-dealkylation sites (tertiary alicyclic amines) is 1. The van der Waals surface area contributed by atoms with E-state index in [1.165, 1.54) is 39.4 Å². The molecule has 2 fully saturated rings. The number of rotatable bonds is 11. The molecule has 1 N–H and O–H groups in total.